The Morgan fingerprint density at radius 2 is 1.56 bits per heavy atom. The van der Waals surface area contributed by atoms with Crippen molar-refractivity contribution < 1.29 is 54.6 Å². The summed E-state index contributed by atoms with van der Waals surface area (Å²) in [5, 5.41) is 18.8. The van der Waals surface area contributed by atoms with Crippen LogP contribution >= 0.6 is 0 Å². The number of nitrogens with zero attached hydrogens (tertiary/aromatic N) is 1. The van der Waals surface area contributed by atoms with Gasteiger partial charge in [0, 0.05) is 12.1 Å². The van der Waals surface area contributed by atoms with Crippen LogP contribution in [-0.2, 0) is 33.8 Å². The second-order valence-electron chi connectivity index (χ2n) is 7.89. The second-order valence-corrected chi connectivity index (χ2v) is 9.78. The van der Waals surface area contributed by atoms with Crippen molar-refractivity contribution in [3.05, 3.63) is 59.2 Å². The molecule has 1 amide bonds. The van der Waals surface area contributed by atoms with Crippen molar-refractivity contribution in [1.82, 2.24) is 9.79 Å². The predicted molar refractivity (Wildman–Crippen MR) is 110 cm³/mol. The first kappa shape index (κ1) is 27.7. The van der Waals surface area contributed by atoms with Gasteiger partial charge < -0.3 is 9.84 Å². The zero-order chi connectivity index (χ0) is 26.9. The first-order chi connectivity index (χ1) is 16.7. The molecule has 1 aliphatic heterocycles. The summed E-state index contributed by atoms with van der Waals surface area (Å²) >= 11 is 0. The Kier molecular flexibility index (Phi) is 7.88. The number of ether oxygens (including phenoxy) is 1. The highest BCUT2D eigenvalue weighted by molar-refractivity contribution is 7.89. The number of carbonyl (C=O) groups excluding carboxylic acids is 1. The van der Waals surface area contributed by atoms with Crippen LogP contribution in [0.1, 0.15) is 29.5 Å². The molecule has 0 saturated carbocycles. The Bertz CT molecular complexity index is 1170. The van der Waals surface area contributed by atoms with Crippen molar-refractivity contribution in [1.29, 1.82) is 0 Å². The molecule has 2 aromatic rings. The maximum Gasteiger partial charge on any atom is 0.416 e. The lowest BCUT2D eigenvalue weighted by molar-refractivity contribution is -0.145. The molecule has 1 fully saturated rings. The fourth-order valence-corrected chi connectivity index (χ4v) is 5.45. The molecule has 8 nitrogen and oxygen atoms in total. The molecule has 1 saturated heterocycles. The Balaban J connectivity index is 1.86. The van der Waals surface area contributed by atoms with E-state index in [0.717, 1.165) is 24.3 Å². The number of alkyl halides is 6. The van der Waals surface area contributed by atoms with Crippen LogP contribution in [-0.4, -0.2) is 47.6 Å². The number of hydrogen-bond donors (Lipinski definition) is 3. The lowest BCUT2D eigenvalue weighted by atomic mass is 10.0. The van der Waals surface area contributed by atoms with Crippen molar-refractivity contribution in [2.24, 2.45) is 0 Å². The van der Waals surface area contributed by atoms with Gasteiger partial charge in [-0.15, -0.1) is 0 Å². The largest absolute Gasteiger partial charge is 0.489 e. The molecule has 0 aromatic heterocycles. The van der Waals surface area contributed by atoms with Crippen LogP contribution in [0.15, 0.2) is 47.4 Å². The highest BCUT2D eigenvalue weighted by Gasteiger charge is 2.42. The van der Waals surface area contributed by atoms with Gasteiger partial charge in [0.15, 0.2) is 0 Å². The number of amides is 1. The molecule has 2 aromatic carbocycles. The summed E-state index contributed by atoms with van der Waals surface area (Å²) in [4.78, 5) is 11.5. The molecule has 0 radical (unpaired) electrons. The van der Waals surface area contributed by atoms with Gasteiger partial charge in [0.2, 0.25) is 10.0 Å². The van der Waals surface area contributed by atoms with Crippen LogP contribution < -0.4 is 10.2 Å². The fourth-order valence-electron chi connectivity index (χ4n) is 3.79. The normalized spacial score (nSPS) is 19.7. The maximum atomic E-state index is 13.3. The molecule has 3 rings (SSSR count). The number of β-amino-alcohol motifs (C(OH)–C–C–N with tert-alkyl or cyclic N) is 1. The van der Waals surface area contributed by atoms with Crippen molar-refractivity contribution >= 4 is 15.9 Å². The Labute approximate surface area is 201 Å². The van der Waals surface area contributed by atoms with Crippen LogP contribution in [0.25, 0.3) is 0 Å². The Morgan fingerprint density at radius 1 is 1.00 bits per heavy atom. The van der Waals surface area contributed by atoms with Gasteiger partial charge in [-0.2, -0.15) is 30.6 Å². The number of aliphatic hydroxyl groups excluding tert-OH is 1. The molecule has 36 heavy (non-hydrogen) atoms. The molecular weight excluding hydrogens is 522 g/mol. The standard InChI is InChI=1S/C21H20F6N2O6S/c22-20(23,24)16-2-1-3-17(21(25,26)27)15(16)11-35-13-5-7-14(8-6-13)36(33,34)29-10-12(30)4-9-18(29)19(31)28-32/h1-3,5-8,12,18,30,32H,4,9-11H2,(H,28,31)/t12-,18-/m1/s1. The SMILES string of the molecule is O=C(NO)[C@H]1CC[C@@H](O)CN1S(=O)(=O)c1ccc(OCc2c(C(F)(F)F)cccc2C(F)(F)F)cc1. The molecule has 0 spiro atoms. The summed E-state index contributed by atoms with van der Waals surface area (Å²) in [7, 11) is -4.39. The minimum Gasteiger partial charge on any atom is -0.489 e. The molecule has 3 N–H and O–H groups in total. The number of halogens is 6. The van der Waals surface area contributed by atoms with E-state index in [4.69, 9.17) is 9.94 Å². The molecule has 0 bridgehead atoms. The summed E-state index contributed by atoms with van der Waals surface area (Å²) in [5.74, 6) is -1.23. The number of nitrogens with one attached hydrogen (secondary N) is 1. The van der Waals surface area contributed by atoms with Gasteiger partial charge in [0.1, 0.15) is 18.4 Å². The van der Waals surface area contributed by atoms with Crippen LogP contribution in [0.4, 0.5) is 26.3 Å². The van der Waals surface area contributed by atoms with Crippen LogP contribution in [0.3, 0.4) is 0 Å². The highest BCUT2D eigenvalue weighted by Crippen LogP contribution is 2.40. The van der Waals surface area contributed by atoms with Gasteiger partial charge in [0.25, 0.3) is 5.91 Å². The summed E-state index contributed by atoms with van der Waals surface area (Å²) in [6.07, 6.45) is -11.2. The molecule has 1 heterocycles. The summed E-state index contributed by atoms with van der Waals surface area (Å²) in [6.45, 7) is -1.54. The summed E-state index contributed by atoms with van der Waals surface area (Å²) in [6, 6.07) is 4.34. The van der Waals surface area contributed by atoms with Crippen molar-refractivity contribution in [2.75, 3.05) is 6.54 Å². The van der Waals surface area contributed by atoms with E-state index in [1.165, 1.54) is 5.48 Å². The average molecular weight is 542 g/mol. The summed E-state index contributed by atoms with van der Waals surface area (Å²) < 4.78 is 112. The van der Waals surface area contributed by atoms with Crippen LogP contribution in [0, 0.1) is 0 Å². The molecule has 1 aliphatic rings. The Hall–Kier alpha value is -2.88. The second kappa shape index (κ2) is 10.2. The van der Waals surface area contributed by atoms with Crippen molar-refractivity contribution in [2.45, 2.75) is 48.8 Å². The van der Waals surface area contributed by atoms with E-state index in [-0.39, 0.29) is 23.5 Å². The third kappa shape index (κ3) is 5.91. The van der Waals surface area contributed by atoms with Gasteiger partial charge in [-0.25, -0.2) is 13.9 Å². The molecular formula is C21H20F6N2O6S. The predicted octanol–water partition coefficient (Wildman–Crippen LogP) is 3.32. The third-order valence-corrected chi connectivity index (χ3v) is 7.41. The van der Waals surface area contributed by atoms with Crippen molar-refractivity contribution in [3.8, 4) is 5.75 Å². The molecule has 0 unspecified atom stereocenters. The van der Waals surface area contributed by atoms with Gasteiger partial charge in [-0.05, 0) is 49.2 Å². The topological polar surface area (TPSA) is 116 Å². The minimum absolute atomic E-state index is 0.0753. The number of rotatable bonds is 6. The van der Waals surface area contributed by atoms with Crippen LogP contribution in [0.2, 0.25) is 0 Å². The van der Waals surface area contributed by atoms with E-state index >= 15 is 0 Å². The van der Waals surface area contributed by atoms with Crippen LogP contribution in [0.5, 0.6) is 5.75 Å². The first-order valence-electron chi connectivity index (χ1n) is 10.3. The van der Waals surface area contributed by atoms with E-state index < -0.39 is 70.3 Å². The zero-order valence-electron chi connectivity index (χ0n) is 18.2. The van der Waals surface area contributed by atoms with Crippen molar-refractivity contribution in [3.63, 3.8) is 0 Å². The smallest absolute Gasteiger partial charge is 0.416 e. The number of hydrogen-bond acceptors (Lipinski definition) is 6. The monoisotopic (exact) mass is 542 g/mol. The lowest BCUT2D eigenvalue weighted by Gasteiger charge is -2.35. The molecule has 0 aliphatic carbocycles. The number of carbonyl (C=O) groups is 1. The number of aliphatic hydroxyl groups is 1. The quantitative estimate of drug-likeness (QED) is 0.293. The van der Waals surface area contributed by atoms with Gasteiger partial charge in [-0.1, -0.05) is 6.07 Å². The number of piperidine rings is 1. The van der Waals surface area contributed by atoms with Gasteiger partial charge >= 0.3 is 12.4 Å². The number of sulfonamides is 1. The van der Waals surface area contributed by atoms with E-state index in [9.17, 15) is 44.7 Å². The first-order valence-corrected chi connectivity index (χ1v) is 11.7. The van der Waals surface area contributed by atoms with E-state index in [2.05, 4.69) is 0 Å². The Morgan fingerprint density at radius 3 is 2.06 bits per heavy atom. The minimum atomic E-state index is -5.08. The van der Waals surface area contributed by atoms with Gasteiger partial charge in [-0.3, -0.25) is 10.0 Å². The molecule has 2 atom stereocenters. The number of benzene rings is 2. The van der Waals surface area contributed by atoms with Gasteiger partial charge in [0.05, 0.1) is 22.1 Å². The van der Waals surface area contributed by atoms with E-state index in [1.807, 2.05) is 0 Å². The zero-order valence-corrected chi connectivity index (χ0v) is 19.0. The molecule has 15 heteroatoms. The highest BCUT2D eigenvalue weighted by atomic mass is 32.2. The fraction of sp³-hybridized carbons (Fsp3) is 0.381. The molecule has 198 valence electrons. The summed E-state index contributed by atoms with van der Waals surface area (Å²) in [5.41, 5.74) is -2.80. The van der Waals surface area contributed by atoms with E-state index in [0.29, 0.717) is 22.5 Å². The maximum absolute atomic E-state index is 13.3. The van der Waals surface area contributed by atoms with E-state index in [1.54, 1.807) is 0 Å². The number of hydroxylamine groups is 1. The third-order valence-electron chi connectivity index (χ3n) is 5.52. The average Bonchev–Trinajstić information content (AvgIpc) is 2.81. The lowest BCUT2D eigenvalue weighted by Crippen LogP contribution is -2.54.